The average molecular weight is 298 g/mol. The Morgan fingerprint density at radius 2 is 1.95 bits per heavy atom. The van der Waals surface area contributed by atoms with Gasteiger partial charge in [-0.15, -0.1) is 0 Å². The van der Waals surface area contributed by atoms with Crippen LogP contribution in [0.4, 0.5) is 13.2 Å². The maximum Gasteiger partial charge on any atom is 0.282 e. The molecule has 0 amide bonds. The maximum atomic E-state index is 13.3. The van der Waals surface area contributed by atoms with E-state index in [1.807, 2.05) is 0 Å². The normalized spacial score (nSPS) is 22.4. The highest BCUT2D eigenvalue weighted by molar-refractivity contribution is 5.23. The number of nitrogens with zero attached hydrogens (tertiary/aromatic N) is 1. The first kappa shape index (κ1) is 13.9. The molecule has 1 saturated heterocycles. The highest BCUT2D eigenvalue weighted by Crippen LogP contribution is 2.31. The summed E-state index contributed by atoms with van der Waals surface area (Å²) >= 11 is 0. The van der Waals surface area contributed by atoms with Crippen molar-refractivity contribution in [1.29, 1.82) is 0 Å². The average Bonchev–Trinajstić information content (AvgIpc) is 2.90. The van der Waals surface area contributed by atoms with Gasteiger partial charge in [0.15, 0.2) is 17.5 Å². The number of halogens is 3. The largest absolute Gasteiger partial charge is 0.384 e. The quantitative estimate of drug-likeness (QED) is 0.867. The second-order valence-corrected chi connectivity index (χ2v) is 5.06. The third kappa shape index (κ3) is 2.61. The molecule has 1 aliphatic rings. The van der Waals surface area contributed by atoms with Crippen LogP contribution in [0.2, 0.25) is 0 Å². The Kier molecular flexibility index (Phi) is 3.59. The standard InChI is InChI=1S/C14H13F3N2O2/c15-10-5-8(6-11(16)14(10)17)12-7-9(1-3-18-12)19-13(20)2-4-21-19/h2,4-6,9,12,18H,1,3,7H2/t9-,12-/m0/s1. The Balaban J connectivity index is 1.87. The first-order valence-electron chi connectivity index (χ1n) is 6.60. The molecule has 0 bridgehead atoms. The van der Waals surface area contributed by atoms with Gasteiger partial charge in [0.1, 0.15) is 6.26 Å². The van der Waals surface area contributed by atoms with Gasteiger partial charge in [-0.1, -0.05) is 0 Å². The molecule has 2 atom stereocenters. The zero-order valence-electron chi connectivity index (χ0n) is 11.0. The van der Waals surface area contributed by atoms with E-state index in [4.69, 9.17) is 4.52 Å². The number of aromatic nitrogens is 1. The lowest BCUT2D eigenvalue weighted by Crippen LogP contribution is -2.35. The van der Waals surface area contributed by atoms with E-state index < -0.39 is 17.5 Å². The first-order valence-corrected chi connectivity index (χ1v) is 6.60. The minimum Gasteiger partial charge on any atom is -0.384 e. The molecule has 2 heterocycles. The zero-order valence-corrected chi connectivity index (χ0v) is 11.0. The predicted octanol–water partition coefficient (Wildman–Crippen LogP) is 2.52. The summed E-state index contributed by atoms with van der Waals surface area (Å²) in [5.41, 5.74) is 0.0628. The van der Waals surface area contributed by atoms with Crippen LogP contribution in [0.3, 0.4) is 0 Å². The topological polar surface area (TPSA) is 47.2 Å². The Bertz CT molecular complexity index is 687. The molecule has 1 aromatic carbocycles. The highest BCUT2D eigenvalue weighted by atomic mass is 19.2. The number of benzene rings is 1. The second-order valence-electron chi connectivity index (χ2n) is 5.06. The molecule has 0 radical (unpaired) electrons. The second kappa shape index (κ2) is 5.40. The summed E-state index contributed by atoms with van der Waals surface area (Å²) in [6.07, 6.45) is 2.39. The molecule has 0 spiro atoms. The molecule has 0 aliphatic carbocycles. The molecule has 112 valence electrons. The number of hydrogen-bond acceptors (Lipinski definition) is 3. The van der Waals surface area contributed by atoms with Crippen molar-refractivity contribution in [3.05, 3.63) is 57.8 Å². The maximum absolute atomic E-state index is 13.3. The summed E-state index contributed by atoms with van der Waals surface area (Å²) in [4.78, 5) is 11.6. The van der Waals surface area contributed by atoms with Gasteiger partial charge >= 0.3 is 0 Å². The third-order valence-electron chi connectivity index (χ3n) is 3.72. The van der Waals surface area contributed by atoms with Gasteiger partial charge in [-0.3, -0.25) is 4.79 Å². The van der Waals surface area contributed by atoms with Crippen LogP contribution >= 0.6 is 0 Å². The summed E-state index contributed by atoms with van der Waals surface area (Å²) in [6.45, 7) is 0.559. The fraction of sp³-hybridized carbons (Fsp3) is 0.357. The molecule has 1 aromatic heterocycles. The molecule has 1 aliphatic heterocycles. The van der Waals surface area contributed by atoms with Crippen LogP contribution in [-0.4, -0.2) is 11.3 Å². The number of nitrogens with one attached hydrogen (secondary N) is 1. The van der Waals surface area contributed by atoms with E-state index >= 15 is 0 Å². The van der Waals surface area contributed by atoms with E-state index in [9.17, 15) is 18.0 Å². The van der Waals surface area contributed by atoms with Gasteiger partial charge in [0, 0.05) is 12.1 Å². The van der Waals surface area contributed by atoms with E-state index in [1.54, 1.807) is 0 Å². The van der Waals surface area contributed by atoms with Crippen molar-refractivity contribution in [2.75, 3.05) is 6.54 Å². The van der Waals surface area contributed by atoms with Gasteiger partial charge in [0.05, 0.1) is 6.04 Å². The van der Waals surface area contributed by atoms with Crippen molar-refractivity contribution in [1.82, 2.24) is 10.1 Å². The van der Waals surface area contributed by atoms with Gasteiger partial charge in [-0.25, -0.2) is 13.2 Å². The lowest BCUT2D eigenvalue weighted by Gasteiger charge is -2.30. The van der Waals surface area contributed by atoms with Crippen LogP contribution in [0.15, 0.2) is 33.8 Å². The number of rotatable bonds is 2. The van der Waals surface area contributed by atoms with Crippen molar-refractivity contribution >= 4 is 0 Å². The lowest BCUT2D eigenvalue weighted by molar-refractivity contribution is 0.161. The molecule has 1 N–H and O–H groups in total. The molecule has 0 unspecified atom stereocenters. The van der Waals surface area contributed by atoms with E-state index in [2.05, 4.69) is 5.32 Å². The Morgan fingerprint density at radius 3 is 2.57 bits per heavy atom. The van der Waals surface area contributed by atoms with Crippen LogP contribution in [0, 0.1) is 17.5 Å². The molecule has 3 rings (SSSR count). The van der Waals surface area contributed by atoms with E-state index in [-0.39, 0.29) is 17.6 Å². The molecule has 1 fully saturated rings. The summed E-state index contributed by atoms with van der Waals surface area (Å²) in [7, 11) is 0. The monoisotopic (exact) mass is 298 g/mol. The van der Waals surface area contributed by atoms with Crippen LogP contribution in [0.1, 0.15) is 30.5 Å². The van der Waals surface area contributed by atoms with E-state index in [1.165, 1.54) is 17.1 Å². The molecular formula is C14H13F3N2O2. The van der Waals surface area contributed by atoms with Gasteiger partial charge < -0.3 is 9.84 Å². The first-order chi connectivity index (χ1) is 10.1. The van der Waals surface area contributed by atoms with Gasteiger partial charge in [0.2, 0.25) is 0 Å². The Labute approximate surface area is 118 Å². The molecular weight excluding hydrogens is 285 g/mol. The lowest BCUT2D eigenvalue weighted by atomic mass is 9.93. The zero-order chi connectivity index (χ0) is 15.0. The molecule has 21 heavy (non-hydrogen) atoms. The molecule has 2 aromatic rings. The Hall–Kier alpha value is -2.02. The van der Waals surface area contributed by atoms with E-state index in [0.717, 1.165) is 12.1 Å². The fourth-order valence-corrected chi connectivity index (χ4v) is 2.69. The molecule has 4 nitrogen and oxygen atoms in total. The summed E-state index contributed by atoms with van der Waals surface area (Å²) in [6, 6.07) is 2.70. The third-order valence-corrected chi connectivity index (χ3v) is 3.72. The minimum atomic E-state index is -1.48. The summed E-state index contributed by atoms with van der Waals surface area (Å²) in [5.74, 6) is -3.92. The van der Waals surface area contributed by atoms with Crippen molar-refractivity contribution < 1.29 is 17.7 Å². The van der Waals surface area contributed by atoms with E-state index in [0.29, 0.717) is 24.9 Å². The minimum absolute atomic E-state index is 0.199. The van der Waals surface area contributed by atoms with Crippen molar-refractivity contribution in [3.8, 4) is 0 Å². The van der Waals surface area contributed by atoms with Crippen molar-refractivity contribution in [2.45, 2.75) is 24.9 Å². The summed E-state index contributed by atoms with van der Waals surface area (Å²) in [5, 5.41) is 3.11. The van der Waals surface area contributed by atoms with Crippen LogP contribution in [-0.2, 0) is 0 Å². The molecule has 0 saturated carbocycles. The van der Waals surface area contributed by atoms with Gasteiger partial charge in [0.25, 0.3) is 5.56 Å². The SMILES string of the molecule is O=c1ccon1[C@H]1CCN[C@H](c2cc(F)c(F)c(F)c2)C1. The van der Waals surface area contributed by atoms with Crippen molar-refractivity contribution in [2.24, 2.45) is 0 Å². The van der Waals surface area contributed by atoms with Gasteiger partial charge in [-0.2, -0.15) is 4.74 Å². The van der Waals surface area contributed by atoms with Crippen LogP contribution in [0.25, 0.3) is 0 Å². The number of piperidine rings is 1. The molecule has 7 heteroatoms. The van der Waals surface area contributed by atoms with Gasteiger partial charge in [-0.05, 0) is 37.1 Å². The highest BCUT2D eigenvalue weighted by Gasteiger charge is 2.27. The smallest absolute Gasteiger partial charge is 0.282 e. The summed E-state index contributed by atoms with van der Waals surface area (Å²) < 4.78 is 46.0. The van der Waals surface area contributed by atoms with Crippen LogP contribution in [0.5, 0.6) is 0 Å². The predicted molar refractivity (Wildman–Crippen MR) is 68.3 cm³/mol. The fourth-order valence-electron chi connectivity index (χ4n) is 2.69. The van der Waals surface area contributed by atoms with Crippen LogP contribution < -0.4 is 10.9 Å². The van der Waals surface area contributed by atoms with Crippen molar-refractivity contribution in [3.63, 3.8) is 0 Å². The number of hydrogen-bond donors (Lipinski definition) is 1. The Morgan fingerprint density at radius 1 is 1.24 bits per heavy atom.